The number of aliphatic hydroxyl groups excluding tert-OH is 1. The van der Waals surface area contributed by atoms with Crippen molar-refractivity contribution in [1.29, 1.82) is 0 Å². The molecule has 0 saturated heterocycles. The number of hydrogen-bond donors (Lipinski definition) is 3. The summed E-state index contributed by atoms with van der Waals surface area (Å²) in [7, 11) is 2.04. The second-order valence-corrected chi connectivity index (χ2v) is 6.44. The molecule has 0 aliphatic heterocycles. The highest BCUT2D eigenvalue weighted by Gasteiger charge is 2.13. The maximum atomic E-state index is 12.0. The molecule has 0 radical (unpaired) electrons. The smallest absolute Gasteiger partial charge is 0.319 e. The van der Waals surface area contributed by atoms with E-state index in [0.29, 0.717) is 0 Å². The van der Waals surface area contributed by atoms with Crippen LogP contribution in [-0.4, -0.2) is 30.8 Å². The number of anilines is 2. The van der Waals surface area contributed by atoms with Crippen LogP contribution in [0.1, 0.15) is 19.4 Å². The molecule has 3 N–H and O–H groups in total. The van der Waals surface area contributed by atoms with E-state index in [-0.39, 0.29) is 24.6 Å². The molecule has 2 atom stereocenters. The van der Waals surface area contributed by atoms with Gasteiger partial charge >= 0.3 is 6.03 Å². The van der Waals surface area contributed by atoms with E-state index in [9.17, 15) is 4.79 Å². The minimum atomic E-state index is -0.266. The minimum Gasteiger partial charge on any atom is -0.396 e. The molecule has 134 valence electrons. The van der Waals surface area contributed by atoms with Gasteiger partial charge in [-0.25, -0.2) is 4.79 Å². The highest BCUT2D eigenvalue weighted by Crippen LogP contribution is 2.18. The molecule has 2 unspecified atom stereocenters. The number of nitrogens with zero attached hydrogens (tertiary/aromatic N) is 1. The van der Waals surface area contributed by atoms with Gasteiger partial charge in [-0.3, -0.25) is 0 Å². The van der Waals surface area contributed by atoms with Crippen molar-refractivity contribution < 1.29 is 9.90 Å². The average Bonchev–Trinajstić information content (AvgIpc) is 2.62. The molecular weight excluding hydrogens is 314 g/mol. The summed E-state index contributed by atoms with van der Waals surface area (Å²) in [5.41, 5.74) is 3.06. The summed E-state index contributed by atoms with van der Waals surface area (Å²) in [6.45, 7) is 4.64. The molecule has 25 heavy (non-hydrogen) atoms. The van der Waals surface area contributed by atoms with Crippen LogP contribution in [0.25, 0.3) is 0 Å². The number of benzene rings is 2. The lowest BCUT2D eigenvalue weighted by Gasteiger charge is -2.21. The number of carbonyl (C=O) groups is 1. The molecule has 2 aromatic rings. The van der Waals surface area contributed by atoms with E-state index in [1.807, 2.05) is 63.4 Å². The number of hydrogen-bond acceptors (Lipinski definition) is 3. The van der Waals surface area contributed by atoms with Crippen molar-refractivity contribution in [2.45, 2.75) is 26.4 Å². The summed E-state index contributed by atoms with van der Waals surface area (Å²) in [4.78, 5) is 14.1. The maximum absolute atomic E-state index is 12.0. The van der Waals surface area contributed by atoms with Gasteiger partial charge in [0, 0.05) is 37.6 Å². The van der Waals surface area contributed by atoms with Crippen LogP contribution in [-0.2, 0) is 6.54 Å². The monoisotopic (exact) mass is 341 g/mol. The highest BCUT2D eigenvalue weighted by atomic mass is 16.3. The lowest BCUT2D eigenvalue weighted by molar-refractivity contribution is 0.204. The molecule has 2 rings (SSSR count). The summed E-state index contributed by atoms with van der Waals surface area (Å²) in [5, 5.41) is 14.8. The summed E-state index contributed by atoms with van der Waals surface area (Å²) >= 11 is 0. The summed E-state index contributed by atoms with van der Waals surface area (Å²) < 4.78 is 0. The van der Waals surface area contributed by atoms with Crippen LogP contribution in [0.4, 0.5) is 16.2 Å². The second-order valence-electron chi connectivity index (χ2n) is 6.44. The Kier molecular flexibility index (Phi) is 6.83. The Balaban J connectivity index is 1.90. The standard InChI is InChI=1S/C20H27N3O2/c1-15(14-24)16(2)21-20(25)22-18-9-11-19(12-10-18)23(3)13-17-7-5-4-6-8-17/h4-12,15-16,24H,13-14H2,1-3H3,(H2,21,22,25). The molecule has 0 heterocycles. The van der Waals surface area contributed by atoms with E-state index in [0.717, 1.165) is 17.9 Å². The molecule has 5 nitrogen and oxygen atoms in total. The topological polar surface area (TPSA) is 64.6 Å². The molecule has 0 fully saturated rings. The fourth-order valence-electron chi connectivity index (χ4n) is 2.42. The van der Waals surface area contributed by atoms with Crippen molar-refractivity contribution in [3.63, 3.8) is 0 Å². The van der Waals surface area contributed by atoms with Crippen molar-refractivity contribution >= 4 is 17.4 Å². The van der Waals surface area contributed by atoms with Gasteiger partial charge < -0.3 is 20.6 Å². The third kappa shape index (κ3) is 5.80. The average molecular weight is 341 g/mol. The lowest BCUT2D eigenvalue weighted by Crippen LogP contribution is -2.40. The Morgan fingerprint density at radius 3 is 2.32 bits per heavy atom. The first-order valence-corrected chi connectivity index (χ1v) is 8.53. The van der Waals surface area contributed by atoms with Crippen molar-refractivity contribution in [3.05, 3.63) is 60.2 Å². The third-order valence-electron chi connectivity index (χ3n) is 4.33. The van der Waals surface area contributed by atoms with Gasteiger partial charge in [-0.15, -0.1) is 0 Å². The Bertz CT molecular complexity index is 658. The van der Waals surface area contributed by atoms with Crippen LogP contribution in [0.15, 0.2) is 54.6 Å². The van der Waals surface area contributed by atoms with Crippen LogP contribution in [0.5, 0.6) is 0 Å². The first-order valence-electron chi connectivity index (χ1n) is 8.53. The molecule has 0 saturated carbocycles. The first-order chi connectivity index (χ1) is 12.0. The zero-order chi connectivity index (χ0) is 18.2. The molecule has 5 heteroatoms. The Morgan fingerprint density at radius 2 is 1.72 bits per heavy atom. The third-order valence-corrected chi connectivity index (χ3v) is 4.33. The van der Waals surface area contributed by atoms with Gasteiger partial charge in [0.1, 0.15) is 0 Å². The van der Waals surface area contributed by atoms with Crippen molar-refractivity contribution in [2.75, 3.05) is 23.9 Å². The van der Waals surface area contributed by atoms with Crippen LogP contribution >= 0.6 is 0 Å². The zero-order valence-electron chi connectivity index (χ0n) is 15.1. The first kappa shape index (κ1) is 18.8. The number of aliphatic hydroxyl groups is 1. The number of rotatable bonds is 7. The van der Waals surface area contributed by atoms with Gasteiger partial charge in [-0.05, 0) is 42.7 Å². The Morgan fingerprint density at radius 1 is 1.08 bits per heavy atom. The number of urea groups is 1. The van der Waals surface area contributed by atoms with Crippen LogP contribution < -0.4 is 15.5 Å². The lowest BCUT2D eigenvalue weighted by atomic mass is 10.1. The maximum Gasteiger partial charge on any atom is 0.319 e. The molecule has 0 bridgehead atoms. The van der Waals surface area contributed by atoms with Gasteiger partial charge in [0.25, 0.3) is 0 Å². The molecule has 2 aromatic carbocycles. The zero-order valence-corrected chi connectivity index (χ0v) is 15.1. The SMILES string of the molecule is CC(CO)C(C)NC(=O)Nc1ccc(N(C)Cc2ccccc2)cc1. The van der Waals surface area contributed by atoms with Gasteiger partial charge in [0.2, 0.25) is 0 Å². The molecule has 0 aliphatic rings. The fraction of sp³-hybridized carbons (Fsp3) is 0.350. The van der Waals surface area contributed by atoms with Gasteiger partial charge in [0.05, 0.1) is 0 Å². The second kappa shape index (κ2) is 9.08. The Hall–Kier alpha value is -2.53. The number of nitrogens with one attached hydrogen (secondary N) is 2. The van der Waals surface area contributed by atoms with E-state index in [4.69, 9.17) is 5.11 Å². The molecule has 2 amide bonds. The number of carbonyl (C=O) groups excluding carboxylic acids is 1. The van der Waals surface area contributed by atoms with E-state index in [1.165, 1.54) is 5.56 Å². The predicted octanol–water partition coefficient (Wildman–Crippen LogP) is 3.46. The van der Waals surface area contributed by atoms with Crippen LogP contribution in [0.3, 0.4) is 0 Å². The van der Waals surface area contributed by atoms with E-state index >= 15 is 0 Å². The normalized spacial score (nSPS) is 13.0. The quantitative estimate of drug-likeness (QED) is 0.722. The van der Waals surface area contributed by atoms with E-state index in [2.05, 4.69) is 27.7 Å². The number of amides is 2. The van der Waals surface area contributed by atoms with Crippen molar-refractivity contribution in [2.24, 2.45) is 5.92 Å². The van der Waals surface area contributed by atoms with Crippen LogP contribution in [0.2, 0.25) is 0 Å². The Labute approximate surface area is 149 Å². The van der Waals surface area contributed by atoms with E-state index in [1.54, 1.807) is 0 Å². The highest BCUT2D eigenvalue weighted by molar-refractivity contribution is 5.89. The molecular formula is C20H27N3O2. The van der Waals surface area contributed by atoms with Gasteiger partial charge in [0.15, 0.2) is 0 Å². The predicted molar refractivity (Wildman–Crippen MR) is 103 cm³/mol. The minimum absolute atomic E-state index is 0.0137. The largest absolute Gasteiger partial charge is 0.396 e. The summed E-state index contributed by atoms with van der Waals surface area (Å²) in [5.74, 6) is 0.0137. The molecule has 0 aromatic heterocycles. The van der Waals surface area contributed by atoms with Crippen molar-refractivity contribution in [1.82, 2.24) is 5.32 Å². The fourth-order valence-corrected chi connectivity index (χ4v) is 2.42. The summed E-state index contributed by atoms with van der Waals surface area (Å²) in [6, 6.07) is 17.7. The summed E-state index contributed by atoms with van der Waals surface area (Å²) in [6.07, 6.45) is 0. The van der Waals surface area contributed by atoms with Crippen molar-refractivity contribution in [3.8, 4) is 0 Å². The van der Waals surface area contributed by atoms with Gasteiger partial charge in [-0.2, -0.15) is 0 Å². The molecule has 0 aliphatic carbocycles. The van der Waals surface area contributed by atoms with Crippen LogP contribution in [0, 0.1) is 5.92 Å². The molecule has 0 spiro atoms. The van der Waals surface area contributed by atoms with E-state index < -0.39 is 0 Å². The van der Waals surface area contributed by atoms with Gasteiger partial charge in [-0.1, -0.05) is 37.3 Å².